The van der Waals surface area contributed by atoms with Crippen LogP contribution in [0.1, 0.15) is 63.5 Å². The van der Waals surface area contributed by atoms with Gasteiger partial charge in [-0.15, -0.1) is 0 Å². The van der Waals surface area contributed by atoms with E-state index in [1.165, 1.54) is 12.0 Å². The van der Waals surface area contributed by atoms with E-state index in [-0.39, 0.29) is 41.2 Å². The van der Waals surface area contributed by atoms with Crippen LogP contribution in [0.2, 0.25) is 0 Å². The Kier molecular flexibility index (Phi) is 7.09. The second-order valence-corrected chi connectivity index (χ2v) is 14.4. The maximum Gasteiger partial charge on any atom is 0.303 e. The van der Waals surface area contributed by atoms with Crippen LogP contribution in [0.4, 0.5) is 5.69 Å². The molecule has 44 heavy (non-hydrogen) atoms. The van der Waals surface area contributed by atoms with Crippen molar-refractivity contribution in [2.24, 2.45) is 17.3 Å². The largest absolute Gasteiger partial charge is 0.493 e. The smallest absolute Gasteiger partial charge is 0.303 e. The zero-order valence-corrected chi connectivity index (χ0v) is 26.4. The number of nitrogens with zero attached hydrogens (tertiary/aromatic N) is 2. The van der Waals surface area contributed by atoms with E-state index in [4.69, 9.17) is 19.3 Å². The lowest BCUT2D eigenvalue weighted by atomic mass is 9.53. The Morgan fingerprint density at radius 2 is 1.86 bits per heavy atom. The van der Waals surface area contributed by atoms with Gasteiger partial charge >= 0.3 is 5.97 Å². The van der Waals surface area contributed by atoms with Crippen molar-refractivity contribution in [1.82, 2.24) is 4.90 Å². The summed E-state index contributed by atoms with van der Waals surface area (Å²) in [5, 5.41) is 8.91. The zero-order chi connectivity index (χ0) is 31.0. The van der Waals surface area contributed by atoms with Gasteiger partial charge in [-0.25, -0.2) is 0 Å². The number of piperidine rings is 2. The highest BCUT2D eigenvalue weighted by Gasteiger charge is 2.71. The second kappa shape index (κ2) is 10.6. The molecule has 1 amide bonds. The summed E-state index contributed by atoms with van der Waals surface area (Å²) < 4.78 is 17.6. The molecule has 0 radical (unpaired) electrons. The molecule has 2 bridgehead atoms. The van der Waals surface area contributed by atoms with Crippen molar-refractivity contribution < 1.29 is 28.9 Å². The zero-order valence-electron chi connectivity index (χ0n) is 26.4. The lowest BCUT2D eigenvalue weighted by Gasteiger charge is -2.58. The lowest BCUT2D eigenvalue weighted by Crippen LogP contribution is -2.69. The molecule has 1 aliphatic carbocycles. The fraction of sp³-hybridized carbons (Fsp3) is 0.556. The Balaban J connectivity index is 0.000000178. The van der Waals surface area contributed by atoms with E-state index in [0.29, 0.717) is 36.7 Å². The van der Waals surface area contributed by atoms with Crippen LogP contribution in [-0.2, 0) is 19.7 Å². The summed E-state index contributed by atoms with van der Waals surface area (Å²) in [6.07, 6.45) is 5.30. The molecule has 2 aromatic rings. The minimum Gasteiger partial charge on any atom is -0.493 e. The highest BCUT2D eigenvalue weighted by molar-refractivity contribution is 5.99. The number of rotatable bonds is 5. The number of carbonyl (C=O) groups excluding carboxylic acids is 1. The Labute approximate surface area is 260 Å². The van der Waals surface area contributed by atoms with Crippen LogP contribution < -0.4 is 14.4 Å². The topological polar surface area (TPSA) is 88.5 Å². The summed E-state index contributed by atoms with van der Waals surface area (Å²) in [4.78, 5) is 29.1. The number of carboxylic acids is 1. The van der Waals surface area contributed by atoms with Gasteiger partial charge in [0.25, 0.3) is 0 Å². The van der Waals surface area contributed by atoms with Crippen molar-refractivity contribution in [1.29, 1.82) is 0 Å². The average Bonchev–Trinajstić information content (AvgIpc) is 3.47. The number of amides is 1. The van der Waals surface area contributed by atoms with Crippen LogP contribution in [0.25, 0.3) is 0 Å². The third-order valence-electron chi connectivity index (χ3n) is 11.4. The number of benzene rings is 2. The molecule has 6 aliphatic rings. The Bertz CT molecular complexity index is 1500. The van der Waals surface area contributed by atoms with Gasteiger partial charge in [0.15, 0.2) is 11.5 Å². The van der Waals surface area contributed by atoms with Crippen molar-refractivity contribution in [3.05, 3.63) is 65.2 Å². The van der Waals surface area contributed by atoms with E-state index >= 15 is 0 Å². The van der Waals surface area contributed by atoms with Crippen molar-refractivity contribution in [3.63, 3.8) is 0 Å². The molecule has 8 rings (SSSR count). The SMILES string of the molecule is CC(C)(C)C(CC(=O)O)c1ccccc1.COc1cc2c(cc1OC)[C@@]13CCN4CC5=CCO[C@H]6CC(=O)N2[C@H]1[C@H]6[C@H]5C[C@H]43. The van der Waals surface area contributed by atoms with Crippen LogP contribution in [0.5, 0.6) is 11.5 Å². The molecular formula is C36H44N2O6. The van der Waals surface area contributed by atoms with Crippen LogP contribution >= 0.6 is 0 Å². The van der Waals surface area contributed by atoms with Gasteiger partial charge in [-0.05, 0) is 53.8 Å². The normalized spacial score (nSPS) is 31.7. The van der Waals surface area contributed by atoms with Gasteiger partial charge in [0.05, 0.1) is 51.5 Å². The summed E-state index contributed by atoms with van der Waals surface area (Å²) in [6.45, 7) is 9.04. The first-order valence-corrected chi connectivity index (χ1v) is 16.0. The van der Waals surface area contributed by atoms with Gasteiger partial charge < -0.3 is 24.2 Å². The first-order valence-electron chi connectivity index (χ1n) is 16.0. The van der Waals surface area contributed by atoms with Gasteiger partial charge in [0.2, 0.25) is 5.91 Å². The Morgan fingerprint density at radius 3 is 2.55 bits per heavy atom. The number of carboxylic acid groups (broad SMARTS) is 1. The van der Waals surface area contributed by atoms with E-state index in [2.05, 4.69) is 42.7 Å². The first-order chi connectivity index (χ1) is 21.1. The Hall–Kier alpha value is -3.36. The van der Waals surface area contributed by atoms with Crippen LogP contribution in [0.3, 0.4) is 0 Å². The predicted octanol–water partition coefficient (Wildman–Crippen LogP) is 5.40. The monoisotopic (exact) mass is 600 g/mol. The number of anilines is 1. The highest BCUT2D eigenvalue weighted by Crippen LogP contribution is 2.66. The first kappa shape index (κ1) is 29.4. The molecule has 8 heteroatoms. The molecule has 2 aromatic carbocycles. The van der Waals surface area contributed by atoms with Gasteiger partial charge in [-0.3, -0.25) is 14.5 Å². The fourth-order valence-corrected chi connectivity index (χ4v) is 9.66. The van der Waals surface area contributed by atoms with Crippen LogP contribution in [-0.4, -0.2) is 74.0 Å². The van der Waals surface area contributed by atoms with Gasteiger partial charge in [-0.2, -0.15) is 0 Å². The number of aliphatic carboxylic acids is 1. The molecule has 1 unspecified atom stereocenters. The van der Waals surface area contributed by atoms with Gasteiger partial charge in [0, 0.05) is 30.0 Å². The number of fused-ring (bicyclic) bond motifs is 2. The molecular weight excluding hydrogens is 556 g/mol. The fourth-order valence-electron chi connectivity index (χ4n) is 9.66. The standard InChI is InChI=1S/C23H26N2O4.C13H18O2/c1-27-16-8-14-15(9-17(16)28-2)25-20(26)10-18-21-13-7-19-23(14,22(21)25)4-5-24(19)11-12(13)3-6-29-18;1-13(2,3)11(9-12(14)15)10-7-5-4-6-8-10/h3,8-9,13,18-19,21-22H,4-7,10-11H2,1-2H3;4-8,11H,9H2,1-3H3,(H,14,15)/t13-,18-,19-,21-,22-,23+;/m0./s1. The third kappa shape index (κ3) is 4.31. The number of hydrogen-bond donors (Lipinski definition) is 1. The molecule has 1 N–H and O–H groups in total. The number of carbonyl (C=O) groups is 2. The van der Waals surface area contributed by atoms with Crippen LogP contribution in [0.15, 0.2) is 54.1 Å². The van der Waals surface area contributed by atoms with Crippen molar-refractivity contribution in [3.8, 4) is 11.5 Å². The molecule has 1 spiro atoms. The second-order valence-electron chi connectivity index (χ2n) is 14.4. The van der Waals surface area contributed by atoms with E-state index in [1.807, 2.05) is 36.4 Å². The summed E-state index contributed by atoms with van der Waals surface area (Å²) in [7, 11) is 3.36. The third-order valence-corrected chi connectivity index (χ3v) is 11.4. The van der Waals surface area contributed by atoms with Crippen molar-refractivity contribution in [2.75, 3.05) is 38.8 Å². The molecule has 234 valence electrons. The Morgan fingerprint density at radius 1 is 1.14 bits per heavy atom. The molecule has 0 aromatic heterocycles. The summed E-state index contributed by atoms with van der Waals surface area (Å²) in [5.41, 5.74) is 4.93. The maximum absolute atomic E-state index is 13.5. The molecule has 5 aliphatic heterocycles. The van der Waals surface area contributed by atoms with Crippen molar-refractivity contribution in [2.45, 2.75) is 76.0 Å². The van der Waals surface area contributed by atoms with Crippen LogP contribution in [0, 0.1) is 17.3 Å². The lowest BCUT2D eigenvalue weighted by molar-refractivity contribution is -0.138. The van der Waals surface area contributed by atoms with Gasteiger partial charge in [-0.1, -0.05) is 62.8 Å². The van der Waals surface area contributed by atoms with E-state index in [0.717, 1.165) is 36.5 Å². The van der Waals surface area contributed by atoms with E-state index in [9.17, 15) is 9.59 Å². The number of methoxy groups -OCH3 is 2. The number of hydrogen-bond acceptors (Lipinski definition) is 6. The van der Waals surface area contributed by atoms with E-state index < -0.39 is 5.97 Å². The minimum atomic E-state index is -0.737. The molecule has 3 saturated heterocycles. The number of ether oxygens (including phenoxy) is 3. The quantitative estimate of drug-likeness (QED) is 0.460. The average molecular weight is 601 g/mol. The predicted molar refractivity (Wildman–Crippen MR) is 167 cm³/mol. The molecule has 8 nitrogen and oxygen atoms in total. The minimum absolute atomic E-state index is 0.0242. The van der Waals surface area contributed by atoms with Crippen molar-refractivity contribution >= 4 is 17.6 Å². The molecule has 5 heterocycles. The summed E-state index contributed by atoms with van der Waals surface area (Å²) in [6, 6.07) is 14.7. The maximum atomic E-state index is 13.5. The molecule has 7 atom stereocenters. The highest BCUT2D eigenvalue weighted by atomic mass is 16.5. The summed E-state index contributed by atoms with van der Waals surface area (Å²) >= 11 is 0. The molecule has 1 saturated carbocycles. The van der Waals surface area contributed by atoms with E-state index in [1.54, 1.807) is 19.8 Å². The molecule has 4 fully saturated rings. The summed E-state index contributed by atoms with van der Waals surface area (Å²) in [5.74, 6) is 1.90. The van der Waals surface area contributed by atoms with Gasteiger partial charge in [0.1, 0.15) is 0 Å².